The predicted molar refractivity (Wildman–Crippen MR) is 76.4 cm³/mol. The predicted octanol–water partition coefficient (Wildman–Crippen LogP) is 2.06. The van der Waals surface area contributed by atoms with E-state index < -0.39 is 0 Å². The van der Waals surface area contributed by atoms with E-state index in [1.807, 2.05) is 24.3 Å². The van der Waals surface area contributed by atoms with Gasteiger partial charge in [-0.15, -0.1) is 0 Å². The van der Waals surface area contributed by atoms with Gasteiger partial charge in [0.25, 0.3) is 5.56 Å². The molecular weight excluding hydrogens is 242 g/mol. The van der Waals surface area contributed by atoms with E-state index in [9.17, 15) is 4.79 Å². The van der Waals surface area contributed by atoms with Crippen LogP contribution in [-0.4, -0.2) is 30.5 Å². The molecule has 0 saturated heterocycles. The Hall–Kier alpha value is -2.01. The summed E-state index contributed by atoms with van der Waals surface area (Å²) in [7, 11) is 1.71. The van der Waals surface area contributed by atoms with Gasteiger partial charge < -0.3 is 10.1 Å². The summed E-state index contributed by atoms with van der Waals surface area (Å²) in [5.41, 5.74) is 2.72. The summed E-state index contributed by atoms with van der Waals surface area (Å²) in [6.07, 6.45) is 0. The van der Waals surface area contributed by atoms with E-state index in [0.717, 1.165) is 30.1 Å². The van der Waals surface area contributed by atoms with Gasteiger partial charge in [-0.1, -0.05) is 19.1 Å². The van der Waals surface area contributed by atoms with E-state index >= 15 is 0 Å². The number of aromatic amines is 2. The lowest BCUT2D eigenvalue weighted by Gasteiger charge is -2.12. The van der Waals surface area contributed by atoms with Crippen LogP contribution in [0.2, 0.25) is 0 Å². The molecule has 0 aliphatic carbocycles. The number of hydrogen-bond donors (Lipinski definition) is 3. The van der Waals surface area contributed by atoms with Crippen LogP contribution in [0.1, 0.15) is 6.92 Å². The standard InChI is InChI=1S/C14H19N3O2/c1-10(9-19-2)8-15-12-5-3-11(4-6-12)13-7-14(18)17-16-13/h3-7,10,15H,8-9H2,1-2H3,(H2,16,17,18). The minimum absolute atomic E-state index is 0.120. The quantitative estimate of drug-likeness (QED) is 0.745. The van der Waals surface area contributed by atoms with Crippen LogP contribution in [0.5, 0.6) is 0 Å². The summed E-state index contributed by atoms with van der Waals surface area (Å²) < 4.78 is 5.09. The van der Waals surface area contributed by atoms with Crippen molar-refractivity contribution in [2.45, 2.75) is 6.92 Å². The Morgan fingerprint density at radius 3 is 2.58 bits per heavy atom. The Kier molecular flexibility index (Phi) is 4.41. The molecule has 102 valence electrons. The van der Waals surface area contributed by atoms with Crippen LogP contribution in [0.25, 0.3) is 11.3 Å². The number of ether oxygens (including phenoxy) is 1. The maximum atomic E-state index is 11.1. The Morgan fingerprint density at radius 2 is 2.00 bits per heavy atom. The molecule has 19 heavy (non-hydrogen) atoms. The van der Waals surface area contributed by atoms with Gasteiger partial charge in [-0.3, -0.25) is 15.0 Å². The lowest BCUT2D eigenvalue weighted by molar-refractivity contribution is 0.164. The van der Waals surface area contributed by atoms with Crippen LogP contribution in [0.15, 0.2) is 35.1 Å². The zero-order valence-electron chi connectivity index (χ0n) is 11.2. The molecule has 1 unspecified atom stereocenters. The fourth-order valence-corrected chi connectivity index (χ4v) is 1.89. The van der Waals surface area contributed by atoms with Crippen molar-refractivity contribution in [2.75, 3.05) is 25.6 Å². The van der Waals surface area contributed by atoms with Gasteiger partial charge in [-0.2, -0.15) is 0 Å². The number of hydrogen-bond acceptors (Lipinski definition) is 3. The molecule has 0 aliphatic rings. The molecule has 5 heteroatoms. The summed E-state index contributed by atoms with van der Waals surface area (Å²) in [5.74, 6) is 0.464. The van der Waals surface area contributed by atoms with Crippen molar-refractivity contribution >= 4 is 5.69 Å². The fraction of sp³-hybridized carbons (Fsp3) is 0.357. The van der Waals surface area contributed by atoms with Crippen molar-refractivity contribution in [1.82, 2.24) is 10.2 Å². The average molecular weight is 261 g/mol. The van der Waals surface area contributed by atoms with Crippen LogP contribution in [0.3, 0.4) is 0 Å². The fourth-order valence-electron chi connectivity index (χ4n) is 1.89. The molecule has 1 heterocycles. The van der Waals surface area contributed by atoms with Crippen LogP contribution in [0.4, 0.5) is 5.69 Å². The second-order valence-electron chi connectivity index (χ2n) is 4.69. The molecule has 1 aromatic heterocycles. The highest BCUT2D eigenvalue weighted by molar-refractivity contribution is 5.62. The van der Waals surface area contributed by atoms with Crippen molar-refractivity contribution < 1.29 is 4.74 Å². The molecule has 2 rings (SSSR count). The molecule has 0 radical (unpaired) electrons. The highest BCUT2D eigenvalue weighted by atomic mass is 16.5. The van der Waals surface area contributed by atoms with E-state index in [4.69, 9.17) is 4.74 Å². The number of methoxy groups -OCH3 is 1. The molecule has 0 saturated carbocycles. The molecule has 5 nitrogen and oxygen atoms in total. The minimum atomic E-state index is -0.120. The minimum Gasteiger partial charge on any atom is -0.385 e. The van der Waals surface area contributed by atoms with E-state index in [2.05, 4.69) is 22.4 Å². The number of anilines is 1. The van der Waals surface area contributed by atoms with Gasteiger partial charge in [0.2, 0.25) is 0 Å². The third-order valence-corrected chi connectivity index (χ3v) is 2.90. The number of nitrogens with one attached hydrogen (secondary N) is 3. The number of H-pyrrole nitrogens is 2. The van der Waals surface area contributed by atoms with Gasteiger partial charge in [0.1, 0.15) is 0 Å². The Balaban J connectivity index is 1.97. The van der Waals surface area contributed by atoms with Crippen molar-refractivity contribution in [3.63, 3.8) is 0 Å². The topological polar surface area (TPSA) is 69.9 Å². The van der Waals surface area contributed by atoms with Gasteiger partial charge in [0, 0.05) is 25.4 Å². The maximum Gasteiger partial charge on any atom is 0.264 e. The third kappa shape index (κ3) is 3.72. The molecule has 1 aromatic carbocycles. The molecule has 0 amide bonds. The van der Waals surface area contributed by atoms with E-state index in [-0.39, 0.29) is 5.56 Å². The second-order valence-corrected chi connectivity index (χ2v) is 4.69. The summed E-state index contributed by atoms with van der Waals surface area (Å²) >= 11 is 0. The number of aromatic nitrogens is 2. The van der Waals surface area contributed by atoms with Crippen LogP contribution in [0, 0.1) is 5.92 Å². The van der Waals surface area contributed by atoms with Crippen molar-refractivity contribution in [2.24, 2.45) is 5.92 Å². The molecule has 0 aliphatic heterocycles. The van der Waals surface area contributed by atoms with Gasteiger partial charge >= 0.3 is 0 Å². The third-order valence-electron chi connectivity index (χ3n) is 2.90. The van der Waals surface area contributed by atoms with Crippen LogP contribution in [-0.2, 0) is 4.74 Å². The van der Waals surface area contributed by atoms with Gasteiger partial charge in [0.05, 0.1) is 12.3 Å². The second kappa shape index (κ2) is 6.24. The molecule has 1 atom stereocenters. The first-order valence-electron chi connectivity index (χ1n) is 6.30. The van der Waals surface area contributed by atoms with Crippen molar-refractivity contribution in [3.05, 3.63) is 40.7 Å². The first-order chi connectivity index (χ1) is 9.19. The maximum absolute atomic E-state index is 11.1. The van der Waals surface area contributed by atoms with Crippen molar-refractivity contribution in [3.8, 4) is 11.3 Å². The normalized spacial score (nSPS) is 12.3. The first kappa shape index (κ1) is 13.4. The molecule has 0 fully saturated rings. The first-order valence-corrected chi connectivity index (χ1v) is 6.30. The van der Waals surface area contributed by atoms with Gasteiger partial charge in [-0.25, -0.2) is 0 Å². The van der Waals surface area contributed by atoms with Crippen molar-refractivity contribution in [1.29, 1.82) is 0 Å². The van der Waals surface area contributed by atoms with Crippen LogP contribution >= 0.6 is 0 Å². The zero-order valence-corrected chi connectivity index (χ0v) is 11.2. The lowest BCUT2D eigenvalue weighted by atomic mass is 10.1. The highest BCUT2D eigenvalue weighted by Gasteiger charge is 2.03. The average Bonchev–Trinajstić information content (AvgIpc) is 2.84. The van der Waals surface area contributed by atoms with Gasteiger partial charge in [-0.05, 0) is 23.6 Å². The summed E-state index contributed by atoms with van der Waals surface area (Å²) in [6, 6.07) is 9.49. The monoisotopic (exact) mass is 261 g/mol. The Morgan fingerprint density at radius 1 is 1.26 bits per heavy atom. The Bertz CT molecular complexity index is 557. The summed E-state index contributed by atoms with van der Waals surface area (Å²) in [5, 5.41) is 8.71. The highest BCUT2D eigenvalue weighted by Crippen LogP contribution is 2.18. The number of rotatable bonds is 6. The largest absolute Gasteiger partial charge is 0.385 e. The van der Waals surface area contributed by atoms with Crippen LogP contribution < -0.4 is 10.9 Å². The molecule has 0 spiro atoms. The smallest absolute Gasteiger partial charge is 0.264 e. The molecular formula is C14H19N3O2. The van der Waals surface area contributed by atoms with E-state index in [0.29, 0.717) is 5.92 Å². The Labute approximate surface area is 112 Å². The summed E-state index contributed by atoms with van der Waals surface area (Å²) in [6.45, 7) is 3.75. The number of benzene rings is 1. The molecule has 3 N–H and O–H groups in total. The SMILES string of the molecule is COCC(C)CNc1ccc(-c2cc(=O)[nH][nH]2)cc1. The lowest BCUT2D eigenvalue weighted by Crippen LogP contribution is -2.15. The molecule has 0 bridgehead atoms. The molecule has 2 aromatic rings. The van der Waals surface area contributed by atoms with Gasteiger partial charge in [0.15, 0.2) is 0 Å². The summed E-state index contributed by atoms with van der Waals surface area (Å²) in [4.78, 5) is 11.1. The zero-order chi connectivity index (χ0) is 13.7. The van der Waals surface area contributed by atoms with E-state index in [1.165, 1.54) is 0 Å². The van der Waals surface area contributed by atoms with E-state index in [1.54, 1.807) is 13.2 Å².